The molecule has 2 amide bonds. The van der Waals surface area contributed by atoms with Crippen molar-refractivity contribution in [1.29, 1.82) is 0 Å². The highest BCUT2D eigenvalue weighted by Crippen LogP contribution is 2.28. The summed E-state index contributed by atoms with van der Waals surface area (Å²) in [7, 11) is 0. The highest BCUT2D eigenvalue weighted by Gasteiger charge is 2.19. The number of aromatic amines is 1. The van der Waals surface area contributed by atoms with Crippen LogP contribution in [0.15, 0.2) is 54.9 Å². The zero-order chi connectivity index (χ0) is 17.9. The van der Waals surface area contributed by atoms with E-state index in [1.165, 1.54) is 16.7 Å². The fourth-order valence-corrected chi connectivity index (χ4v) is 3.32. The van der Waals surface area contributed by atoms with Crippen molar-refractivity contribution in [2.24, 2.45) is 0 Å². The molecular formula is C21H22N4O. The SMILES string of the molecule is Cc1ccc(CNC(=O)N2CC=C(c3c[nH]c4ncccc34)CC2)cc1. The molecular weight excluding hydrogens is 324 g/mol. The van der Waals surface area contributed by atoms with Crippen LogP contribution in [0.3, 0.4) is 0 Å². The van der Waals surface area contributed by atoms with Crippen molar-refractivity contribution in [1.82, 2.24) is 20.2 Å². The highest BCUT2D eigenvalue weighted by atomic mass is 16.2. The molecule has 1 aromatic carbocycles. The number of amides is 2. The average molecular weight is 346 g/mol. The zero-order valence-corrected chi connectivity index (χ0v) is 14.8. The molecule has 0 saturated carbocycles. The van der Waals surface area contributed by atoms with Crippen LogP contribution in [0, 0.1) is 6.92 Å². The lowest BCUT2D eigenvalue weighted by Crippen LogP contribution is -2.41. The van der Waals surface area contributed by atoms with Crippen molar-refractivity contribution < 1.29 is 4.79 Å². The number of carbonyl (C=O) groups excluding carboxylic acids is 1. The molecule has 0 saturated heterocycles. The van der Waals surface area contributed by atoms with Crippen LogP contribution in [0.4, 0.5) is 4.79 Å². The van der Waals surface area contributed by atoms with Gasteiger partial charge in [0.05, 0.1) is 0 Å². The Bertz CT molecular complexity index is 956. The number of carbonyl (C=O) groups is 1. The third-order valence-electron chi connectivity index (χ3n) is 4.86. The summed E-state index contributed by atoms with van der Waals surface area (Å²) in [5, 5.41) is 4.14. The molecule has 132 valence electrons. The largest absolute Gasteiger partial charge is 0.346 e. The number of rotatable bonds is 3. The van der Waals surface area contributed by atoms with E-state index in [1.54, 1.807) is 6.20 Å². The first kappa shape index (κ1) is 16.4. The molecule has 2 N–H and O–H groups in total. The minimum atomic E-state index is -0.0125. The second-order valence-corrected chi connectivity index (χ2v) is 6.67. The van der Waals surface area contributed by atoms with Gasteiger partial charge in [0.1, 0.15) is 5.65 Å². The predicted molar refractivity (Wildman–Crippen MR) is 104 cm³/mol. The first-order valence-electron chi connectivity index (χ1n) is 8.90. The smallest absolute Gasteiger partial charge is 0.317 e. The lowest BCUT2D eigenvalue weighted by molar-refractivity contribution is 0.202. The summed E-state index contributed by atoms with van der Waals surface area (Å²) in [6, 6.07) is 12.2. The maximum absolute atomic E-state index is 12.4. The number of hydrogen-bond acceptors (Lipinski definition) is 2. The van der Waals surface area contributed by atoms with Crippen molar-refractivity contribution in [3.8, 4) is 0 Å². The monoisotopic (exact) mass is 346 g/mol. The molecule has 3 heterocycles. The van der Waals surface area contributed by atoms with Gasteiger partial charge in [-0.3, -0.25) is 0 Å². The van der Waals surface area contributed by atoms with Crippen LogP contribution in [0.1, 0.15) is 23.1 Å². The van der Waals surface area contributed by atoms with E-state index in [1.807, 2.05) is 17.2 Å². The van der Waals surface area contributed by atoms with Gasteiger partial charge in [0.2, 0.25) is 0 Å². The number of benzene rings is 1. The number of urea groups is 1. The fourth-order valence-electron chi connectivity index (χ4n) is 3.32. The maximum Gasteiger partial charge on any atom is 0.317 e. The minimum absolute atomic E-state index is 0.0125. The van der Waals surface area contributed by atoms with Gasteiger partial charge in [-0.05, 0) is 36.6 Å². The Morgan fingerprint density at radius 1 is 1.27 bits per heavy atom. The van der Waals surface area contributed by atoms with Gasteiger partial charge in [-0.1, -0.05) is 35.9 Å². The first-order valence-corrected chi connectivity index (χ1v) is 8.90. The van der Waals surface area contributed by atoms with Crippen molar-refractivity contribution in [2.45, 2.75) is 19.9 Å². The number of pyridine rings is 1. The van der Waals surface area contributed by atoms with Crippen LogP contribution in [0.25, 0.3) is 16.6 Å². The number of nitrogens with one attached hydrogen (secondary N) is 2. The van der Waals surface area contributed by atoms with Gasteiger partial charge in [-0.2, -0.15) is 0 Å². The van der Waals surface area contributed by atoms with Gasteiger partial charge in [0.15, 0.2) is 0 Å². The molecule has 5 heteroatoms. The van der Waals surface area contributed by atoms with E-state index in [0.29, 0.717) is 13.1 Å². The van der Waals surface area contributed by atoms with E-state index in [4.69, 9.17) is 0 Å². The highest BCUT2D eigenvalue weighted by molar-refractivity contribution is 5.91. The Hall–Kier alpha value is -3.08. The van der Waals surface area contributed by atoms with Crippen LogP contribution in [0.5, 0.6) is 0 Å². The summed E-state index contributed by atoms with van der Waals surface area (Å²) >= 11 is 0. The summed E-state index contributed by atoms with van der Waals surface area (Å²) in [6.45, 7) is 3.96. The van der Waals surface area contributed by atoms with Crippen LogP contribution in [0.2, 0.25) is 0 Å². The number of H-pyrrole nitrogens is 1. The molecule has 4 rings (SSSR count). The second-order valence-electron chi connectivity index (χ2n) is 6.67. The zero-order valence-electron chi connectivity index (χ0n) is 14.8. The lowest BCUT2D eigenvalue weighted by Gasteiger charge is -2.26. The summed E-state index contributed by atoms with van der Waals surface area (Å²) in [4.78, 5) is 21.8. The van der Waals surface area contributed by atoms with Crippen molar-refractivity contribution in [3.63, 3.8) is 0 Å². The molecule has 5 nitrogen and oxygen atoms in total. The third kappa shape index (κ3) is 3.33. The minimum Gasteiger partial charge on any atom is -0.346 e. The Morgan fingerprint density at radius 3 is 2.88 bits per heavy atom. The Labute approximate surface area is 152 Å². The van der Waals surface area contributed by atoms with Crippen molar-refractivity contribution in [2.75, 3.05) is 13.1 Å². The van der Waals surface area contributed by atoms with E-state index in [2.05, 4.69) is 58.6 Å². The number of nitrogens with zero attached hydrogens (tertiary/aromatic N) is 2. The molecule has 0 radical (unpaired) electrons. The van der Waals surface area contributed by atoms with Gasteiger partial charge in [-0.15, -0.1) is 0 Å². The Kier molecular flexibility index (Phi) is 4.44. The number of aromatic nitrogens is 2. The van der Waals surface area contributed by atoms with E-state index in [0.717, 1.165) is 29.6 Å². The van der Waals surface area contributed by atoms with E-state index < -0.39 is 0 Å². The second kappa shape index (κ2) is 7.04. The van der Waals surface area contributed by atoms with Crippen LogP contribution < -0.4 is 5.32 Å². The van der Waals surface area contributed by atoms with E-state index >= 15 is 0 Å². The Balaban J connectivity index is 1.39. The number of fused-ring (bicyclic) bond motifs is 1. The molecule has 3 aromatic rings. The molecule has 0 fully saturated rings. The number of aryl methyl sites for hydroxylation is 1. The predicted octanol–water partition coefficient (Wildman–Crippen LogP) is 3.87. The molecule has 1 aliphatic heterocycles. The Morgan fingerprint density at radius 2 is 2.12 bits per heavy atom. The molecule has 0 unspecified atom stereocenters. The van der Waals surface area contributed by atoms with E-state index in [-0.39, 0.29) is 6.03 Å². The van der Waals surface area contributed by atoms with Crippen molar-refractivity contribution >= 4 is 22.6 Å². The standard InChI is InChI=1S/C21H22N4O/c1-15-4-6-16(7-5-15)13-24-21(26)25-11-8-17(9-12-25)19-14-23-20-18(19)3-2-10-22-20/h2-8,10,14H,9,11-13H2,1H3,(H,22,23)(H,24,26). The van der Waals surface area contributed by atoms with Gasteiger partial charge in [-0.25, -0.2) is 9.78 Å². The quantitative estimate of drug-likeness (QED) is 0.756. The molecule has 0 aliphatic carbocycles. The maximum atomic E-state index is 12.4. The van der Waals surface area contributed by atoms with Crippen LogP contribution in [-0.4, -0.2) is 34.0 Å². The fraction of sp³-hybridized carbons (Fsp3) is 0.238. The van der Waals surface area contributed by atoms with Gasteiger partial charge in [0, 0.05) is 43.0 Å². The summed E-state index contributed by atoms with van der Waals surface area (Å²) in [5.74, 6) is 0. The molecule has 2 aromatic heterocycles. The summed E-state index contributed by atoms with van der Waals surface area (Å²) in [5.41, 5.74) is 5.70. The lowest BCUT2D eigenvalue weighted by atomic mass is 10.00. The normalized spacial score (nSPS) is 14.3. The van der Waals surface area contributed by atoms with E-state index in [9.17, 15) is 4.79 Å². The molecule has 0 atom stereocenters. The summed E-state index contributed by atoms with van der Waals surface area (Å²) in [6.07, 6.45) is 6.79. The van der Waals surface area contributed by atoms with Crippen LogP contribution in [-0.2, 0) is 6.54 Å². The average Bonchev–Trinajstić information content (AvgIpc) is 3.11. The van der Waals surface area contributed by atoms with Gasteiger partial charge < -0.3 is 15.2 Å². The number of hydrogen-bond donors (Lipinski definition) is 2. The molecule has 0 spiro atoms. The molecule has 0 bridgehead atoms. The van der Waals surface area contributed by atoms with Gasteiger partial charge in [0.25, 0.3) is 0 Å². The third-order valence-corrected chi connectivity index (χ3v) is 4.86. The molecule has 26 heavy (non-hydrogen) atoms. The molecule has 1 aliphatic rings. The van der Waals surface area contributed by atoms with Crippen molar-refractivity contribution in [3.05, 3.63) is 71.6 Å². The van der Waals surface area contributed by atoms with Gasteiger partial charge >= 0.3 is 6.03 Å². The summed E-state index contributed by atoms with van der Waals surface area (Å²) < 4.78 is 0. The first-order chi connectivity index (χ1) is 12.7. The topological polar surface area (TPSA) is 61.0 Å². The van der Waals surface area contributed by atoms with Crippen LogP contribution >= 0.6 is 0 Å².